The summed E-state index contributed by atoms with van der Waals surface area (Å²) in [4.78, 5) is 2.42. The molecule has 0 aliphatic carbocycles. The van der Waals surface area contributed by atoms with Crippen LogP contribution in [0.15, 0.2) is 54.6 Å². The van der Waals surface area contributed by atoms with E-state index in [0.717, 1.165) is 19.6 Å². The number of morpholine rings is 1. The molecule has 0 N–H and O–H groups in total. The van der Waals surface area contributed by atoms with Crippen molar-refractivity contribution in [3.05, 3.63) is 65.7 Å². The van der Waals surface area contributed by atoms with Crippen molar-refractivity contribution in [3.63, 3.8) is 0 Å². The molecule has 3 heteroatoms. The lowest BCUT2D eigenvalue weighted by molar-refractivity contribution is 0.0238. The van der Waals surface area contributed by atoms with Crippen molar-refractivity contribution in [2.45, 2.75) is 25.5 Å². The van der Waals surface area contributed by atoms with Crippen molar-refractivity contribution in [2.24, 2.45) is 0 Å². The second-order valence-corrected chi connectivity index (χ2v) is 5.69. The number of anilines is 1. The highest BCUT2D eigenvalue weighted by Crippen LogP contribution is 2.25. The van der Waals surface area contributed by atoms with Crippen LogP contribution in [0.5, 0.6) is 0 Å². The number of ether oxygens (including phenoxy) is 1. The van der Waals surface area contributed by atoms with Crippen LogP contribution in [-0.2, 0) is 11.2 Å². The summed E-state index contributed by atoms with van der Waals surface area (Å²) in [7, 11) is 0. The van der Waals surface area contributed by atoms with Gasteiger partial charge >= 0.3 is 0 Å². The highest BCUT2D eigenvalue weighted by Gasteiger charge is 2.29. The van der Waals surface area contributed by atoms with Gasteiger partial charge in [0.25, 0.3) is 0 Å². The molecule has 0 unspecified atom stereocenters. The highest BCUT2D eigenvalue weighted by molar-refractivity contribution is 5.48. The molecule has 1 fully saturated rings. The van der Waals surface area contributed by atoms with E-state index in [-0.39, 0.29) is 12.1 Å². The van der Waals surface area contributed by atoms with Crippen LogP contribution in [0.4, 0.5) is 5.69 Å². The highest BCUT2D eigenvalue weighted by atomic mass is 16.5. The van der Waals surface area contributed by atoms with Crippen molar-refractivity contribution >= 4 is 5.69 Å². The van der Waals surface area contributed by atoms with Crippen LogP contribution >= 0.6 is 0 Å². The van der Waals surface area contributed by atoms with E-state index in [0.29, 0.717) is 5.56 Å². The number of nitrogens with zero attached hydrogens (tertiary/aromatic N) is 2. The van der Waals surface area contributed by atoms with E-state index < -0.39 is 0 Å². The van der Waals surface area contributed by atoms with Crippen LogP contribution in [0.2, 0.25) is 0 Å². The molecular weight excluding hydrogens is 272 g/mol. The number of hydrogen-bond donors (Lipinski definition) is 0. The van der Waals surface area contributed by atoms with Gasteiger partial charge in [-0.25, -0.2) is 0 Å². The molecule has 0 aromatic heterocycles. The lowest BCUT2D eigenvalue weighted by atomic mass is 9.97. The third kappa shape index (κ3) is 3.13. The summed E-state index contributed by atoms with van der Waals surface area (Å²) in [6.07, 6.45) is 1.05. The van der Waals surface area contributed by atoms with Crippen molar-refractivity contribution in [1.82, 2.24) is 0 Å². The normalized spacial score (nSPS) is 21.4. The third-order valence-corrected chi connectivity index (χ3v) is 4.24. The molecule has 22 heavy (non-hydrogen) atoms. The molecule has 3 nitrogen and oxygen atoms in total. The van der Waals surface area contributed by atoms with Gasteiger partial charge in [-0.1, -0.05) is 30.3 Å². The molecule has 0 amide bonds. The summed E-state index contributed by atoms with van der Waals surface area (Å²) in [5.41, 5.74) is 3.13. The average Bonchev–Trinajstić information content (AvgIpc) is 2.58. The summed E-state index contributed by atoms with van der Waals surface area (Å²) in [6, 6.07) is 20.8. The summed E-state index contributed by atoms with van der Waals surface area (Å²) in [5, 5.41) is 9.06. The first-order chi connectivity index (χ1) is 10.8. The van der Waals surface area contributed by atoms with Crippen molar-refractivity contribution in [2.75, 3.05) is 18.1 Å². The van der Waals surface area contributed by atoms with Gasteiger partial charge in [-0.2, -0.15) is 5.26 Å². The Morgan fingerprint density at radius 2 is 2.00 bits per heavy atom. The van der Waals surface area contributed by atoms with E-state index in [1.54, 1.807) is 0 Å². The van der Waals surface area contributed by atoms with Gasteiger partial charge in [0.05, 0.1) is 30.4 Å². The molecule has 1 aliphatic heterocycles. The van der Waals surface area contributed by atoms with Gasteiger partial charge in [-0.15, -0.1) is 0 Å². The zero-order valence-corrected chi connectivity index (χ0v) is 12.8. The fourth-order valence-electron chi connectivity index (χ4n) is 3.09. The number of rotatable bonds is 3. The van der Waals surface area contributed by atoms with E-state index in [1.807, 2.05) is 24.3 Å². The number of benzene rings is 2. The van der Waals surface area contributed by atoms with E-state index in [4.69, 9.17) is 10.00 Å². The Balaban J connectivity index is 1.85. The maximum Gasteiger partial charge on any atom is 0.0991 e. The van der Waals surface area contributed by atoms with Crippen LogP contribution in [0.3, 0.4) is 0 Å². The minimum absolute atomic E-state index is 0.166. The first-order valence-corrected chi connectivity index (χ1v) is 7.70. The standard InChI is InChI=1S/C19H20N2O/c1-15-19(13-16-6-5-7-17(12-16)14-20)21(10-11-22-15)18-8-3-2-4-9-18/h2-9,12,15,19H,10-11,13H2,1H3/t15-,19+/m0/s1. The Kier molecular flexibility index (Phi) is 4.41. The molecule has 3 rings (SSSR count). The van der Waals surface area contributed by atoms with Gasteiger partial charge in [0, 0.05) is 12.2 Å². The molecule has 0 saturated carbocycles. The van der Waals surface area contributed by atoms with E-state index >= 15 is 0 Å². The minimum Gasteiger partial charge on any atom is -0.375 e. The largest absolute Gasteiger partial charge is 0.375 e. The summed E-state index contributed by atoms with van der Waals surface area (Å²) >= 11 is 0. The summed E-state index contributed by atoms with van der Waals surface area (Å²) in [6.45, 7) is 3.79. The SMILES string of the molecule is C[C@@H]1OCCN(c2ccccc2)[C@@H]1Cc1cccc(C#N)c1. The van der Waals surface area contributed by atoms with Crippen molar-refractivity contribution in [1.29, 1.82) is 5.26 Å². The maximum atomic E-state index is 9.06. The van der Waals surface area contributed by atoms with Crippen LogP contribution in [0, 0.1) is 11.3 Å². The molecule has 0 spiro atoms. The lowest BCUT2D eigenvalue weighted by Gasteiger charge is -2.41. The molecule has 112 valence electrons. The monoisotopic (exact) mass is 292 g/mol. The molecule has 1 saturated heterocycles. The van der Waals surface area contributed by atoms with Gasteiger partial charge in [-0.05, 0) is 43.2 Å². The Morgan fingerprint density at radius 1 is 1.18 bits per heavy atom. The Hall–Kier alpha value is -2.31. The molecule has 2 aromatic carbocycles. The average molecular weight is 292 g/mol. The Labute approximate surface area is 131 Å². The van der Waals surface area contributed by atoms with Crippen molar-refractivity contribution in [3.8, 4) is 6.07 Å². The number of nitriles is 1. The van der Waals surface area contributed by atoms with E-state index in [1.165, 1.54) is 11.3 Å². The van der Waals surface area contributed by atoms with Crippen molar-refractivity contribution < 1.29 is 4.74 Å². The molecule has 1 heterocycles. The third-order valence-electron chi connectivity index (χ3n) is 4.24. The molecule has 2 atom stereocenters. The summed E-state index contributed by atoms with van der Waals surface area (Å²) in [5.74, 6) is 0. The molecule has 0 radical (unpaired) electrons. The van der Waals surface area contributed by atoms with Gasteiger partial charge in [0.15, 0.2) is 0 Å². The smallest absolute Gasteiger partial charge is 0.0991 e. The zero-order chi connectivity index (χ0) is 15.4. The molecule has 1 aliphatic rings. The van der Waals surface area contributed by atoms with E-state index in [2.05, 4.69) is 48.2 Å². The second-order valence-electron chi connectivity index (χ2n) is 5.69. The topological polar surface area (TPSA) is 36.3 Å². The van der Waals surface area contributed by atoms with Gasteiger partial charge < -0.3 is 9.64 Å². The molecule has 2 aromatic rings. The first-order valence-electron chi connectivity index (χ1n) is 7.70. The van der Waals surface area contributed by atoms with Crippen LogP contribution in [0.25, 0.3) is 0 Å². The lowest BCUT2D eigenvalue weighted by Crippen LogP contribution is -2.51. The summed E-state index contributed by atoms with van der Waals surface area (Å²) < 4.78 is 5.86. The fourth-order valence-corrected chi connectivity index (χ4v) is 3.09. The Morgan fingerprint density at radius 3 is 2.77 bits per heavy atom. The van der Waals surface area contributed by atoms with Gasteiger partial charge in [0.2, 0.25) is 0 Å². The van der Waals surface area contributed by atoms with Gasteiger partial charge in [0.1, 0.15) is 0 Å². The number of hydrogen-bond acceptors (Lipinski definition) is 3. The maximum absolute atomic E-state index is 9.06. The second kappa shape index (κ2) is 6.64. The van der Waals surface area contributed by atoms with Crippen LogP contribution < -0.4 is 4.90 Å². The molecular formula is C19H20N2O. The Bertz CT molecular complexity index is 663. The number of para-hydroxylation sites is 1. The van der Waals surface area contributed by atoms with Crippen LogP contribution in [0.1, 0.15) is 18.1 Å². The van der Waals surface area contributed by atoms with Gasteiger partial charge in [-0.3, -0.25) is 0 Å². The zero-order valence-electron chi connectivity index (χ0n) is 12.8. The van der Waals surface area contributed by atoms with E-state index in [9.17, 15) is 0 Å². The fraction of sp³-hybridized carbons (Fsp3) is 0.316. The predicted octanol–water partition coefficient (Wildman–Crippen LogP) is 3.39. The van der Waals surface area contributed by atoms with Crippen LogP contribution in [-0.4, -0.2) is 25.3 Å². The molecule has 0 bridgehead atoms. The quantitative estimate of drug-likeness (QED) is 0.870. The first kappa shape index (κ1) is 14.6. The predicted molar refractivity (Wildman–Crippen MR) is 87.9 cm³/mol. The minimum atomic E-state index is 0.166.